The fourth-order valence-corrected chi connectivity index (χ4v) is 1.02. The van der Waals surface area contributed by atoms with E-state index in [1.807, 2.05) is 0 Å². The summed E-state index contributed by atoms with van der Waals surface area (Å²) < 4.78 is 18.2. The summed E-state index contributed by atoms with van der Waals surface area (Å²) in [4.78, 5) is 11.0. The van der Waals surface area contributed by atoms with Gasteiger partial charge in [-0.2, -0.15) is 0 Å². The Kier molecular flexibility index (Phi) is 3.40. The number of ether oxygens (including phenoxy) is 1. The van der Waals surface area contributed by atoms with Crippen molar-refractivity contribution in [1.29, 1.82) is 0 Å². The van der Waals surface area contributed by atoms with E-state index in [4.69, 9.17) is 4.74 Å². The third kappa shape index (κ3) is 2.42. The van der Waals surface area contributed by atoms with E-state index in [2.05, 4.69) is 6.58 Å². The van der Waals surface area contributed by atoms with Crippen molar-refractivity contribution in [3.05, 3.63) is 42.2 Å². The summed E-state index contributed by atoms with van der Waals surface area (Å²) in [6, 6.07) is 4.08. The van der Waals surface area contributed by atoms with Gasteiger partial charge in [-0.25, -0.2) is 4.39 Å². The molecule has 0 aliphatic carbocycles. The van der Waals surface area contributed by atoms with Crippen molar-refractivity contribution in [3.8, 4) is 5.75 Å². The first-order chi connectivity index (χ1) is 6.65. The Morgan fingerprint density at radius 3 is 2.93 bits per heavy atom. The van der Waals surface area contributed by atoms with Crippen LogP contribution >= 0.6 is 0 Å². The summed E-state index contributed by atoms with van der Waals surface area (Å²) in [6.07, 6.45) is 1.58. The zero-order valence-corrected chi connectivity index (χ0v) is 7.92. The third-order valence-corrected chi connectivity index (χ3v) is 1.68. The molecule has 0 saturated carbocycles. The molecule has 1 rings (SSSR count). The first-order valence-electron chi connectivity index (χ1n) is 4.19. The van der Waals surface area contributed by atoms with Crippen LogP contribution in [0, 0.1) is 5.82 Å². The number of carbonyl (C=O) groups excluding carboxylic acids is 1. The van der Waals surface area contributed by atoms with Crippen molar-refractivity contribution in [2.45, 2.75) is 6.92 Å². The van der Waals surface area contributed by atoms with Gasteiger partial charge in [0.2, 0.25) is 0 Å². The Morgan fingerprint density at radius 2 is 2.36 bits per heavy atom. The van der Waals surface area contributed by atoms with Crippen LogP contribution in [0.15, 0.2) is 30.9 Å². The molecule has 2 nitrogen and oxygen atoms in total. The van der Waals surface area contributed by atoms with Gasteiger partial charge in [0.15, 0.2) is 5.78 Å². The van der Waals surface area contributed by atoms with Crippen LogP contribution in [0.4, 0.5) is 4.39 Å². The molecule has 0 atom stereocenters. The average molecular weight is 194 g/mol. The Morgan fingerprint density at radius 1 is 1.64 bits per heavy atom. The van der Waals surface area contributed by atoms with E-state index >= 15 is 0 Å². The lowest BCUT2D eigenvalue weighted by Gasteiger charge is -2.04. The number of Topliss-reactive ketones (excluding diaryl/α,β-unsaturated/α-hetero) is 1. The quantitative estimate of drug-likeness (QED) is 0.544. The van der Waals surface area contributed by atoms with Crippen LogP contribution in [0.3, 0.4) is 0 Å². The second-order valence-electron chi connectivity index (χ2n) is 2.80. The van der Waals surface area contributed by atoms with Gasteiger partial charge < -0.3 is 4.74 Å². The van der Waals surface area contributed by atoms with E-state index in [1.165, 1.54) is 25.1 Å². The van der Waals surface area contributed by atoms with Crippen LogP contribution < -0.4 is 4.74 Å². The van der Waals surface area contributed by atoms with Gasteiger partial charge in [0.05, 0.1) is 5.56 Å². The number of hydrogen-bond acceptors (Lipinski definition) is 2. The smallest absolute Gasteiger partial charge is 0.162 e. The van der Waals surface area contributed by atoms with Gasteiger partial charge in [-0.15, -0.1) is 0 Å². The number of benzene rings is 1. The van der Waals surface area contributed by atoms with E-state index in [1.54, 1.807) is 6.08 Å². The molecule has 0 saturated heterocycles. The molecule has 0 unspecified atom stereocenters. The average Bonchev–Trinajstić information content (AvgIpc) is 2.16. The highest BCUT2D eigenvalue weighted by Crippen LogP contribution is 2.17. The van der Waals surface area contributed by atoms with Gasteiger partial charge in [-0.05, 0) is 25.1 Å². The maximum Gasteiger partial charge on any atom is 0.162 e. The molecular weight excluding hydrogens is 183 g/mol. The van der Waals surface area contributed by atoms with E-state index < -0.39 is 5.82 Å². The lowest BCUT2D eigenvalue weighted by Crippen LogP contribution is -1.99. The van der Waals surface area contributed by atoms with Gasteiger partial charge in [0.1, 0.15) is 18.2 Å². The Bertz CT molecular complexity index is 358. The largest absolute Gasteiger partial charge is 0.490 e. The van der Waals surface area contributed by atoms with Crippen molar-refractivity contribution in [2.24, 2.45) is 0 Å². The summed E-state index contributed by atoms with van der Waals surface area (Å²) in [5, 5.41) is 0. The van der Waals surface area contributed by atoms with Gasteiger partial charge in [0.25, 0.3) is 0 Å². The lowest BCUT2D eigenvalue weighted by molar-refractivity contribution is 0.101. The van der Waals surface area contributed by atoms with Gasteiger partial charge in [-0.1, -0.05) is 12.7 Å². The van der Waals surface area contributed by atoms with Gasteiger partial charge in [-0.3, -0.25) is 4.79 Å². The summed E-state index contributed by atoms with van der Waals surface area (Å²) in [7, 11) is 0. The number of ketones is 1. The van der Waals surface area contributed by atoms with Crippen LogP contribution in [-0.2, 0) is 0 Å². The molecule has 1 aromatic carbocycles. The van der Waals surface area contributed by atoms with E-state index in [0.717, 1.165) is 0 Å². The highest BCUT2D eigenvalue weighted by atomic mass is 19.1. The zero-order valence-electron chi connectivity index (χ0n) is 7.92. The number of halogens is 1. The second kappa shape index (κ2) is 4.56. The summed E-state index contributed by atoms with van der Waals surface area (Å²) in [6.45, 7) is 5.14. The standard InChI is InChI=1S/C11H11FO2/c1-3-6-14-9-4-5-11(12)10(7-9)8(2)13/h3-5,7H,1,6H2,2H3. The topological polar surface area (TPSA) is 26.3 Å². The molecule has 0 bridgehead atoms. The molecule has 0 aromatic heterocycles. The molecular formula is C11H11FO2. The first-order valence-corrected chi connectivity index (χ1v) is 4.19. The molecule has 3 heteroatoms. The van der Waals surface area contributed by atoms with Gasteiger partial charge >= 0.3 is 0 Å². The van der Waals surface area contributed by atoms with Crippen molar-refractivity contribution < 1.29 is 13.9 Å². The van der Waals surface area contributed by atoms with Crippen molar-refractivity contribution in [1.82, 2.24) is 0 Å². The minimum atomic E-state index is -0.525. The summed E-state index contributed by atoms with van der Waals surface area (Å²) >= 11 is 0. The molecule has 14 heavy (non-hydrogen) atoms. The fraction of sp³-hybridized carbons (Fsp3) is 0.182. The highest BCUT2D eigenvalue weighted by Gasteiger charge is 2.07. The van der Waals surface area contributed by atoms with Crippen molar-refractivity contribution in [2.75, 3.05) is 6.61 Å². The van der Waals surface area contributed by atoms with E-state index in [0.29, 0.717) is 12.4 Å². The second-order valence-corrected chi connectivity index (χ2v) is 2.80. The predicted octanol–water partition coefficient (Wildman–Crippen LogP) is 2.59. The molecule has 74 valence electrons. The predicted molar refractivity (Wildman–Crippen MR) is 52.1 cm³/mol. The Hall–Kier alpha value is -1.64. The van der Waals surface area contributed by atoms with Crippen LogP contribution in [-0.4, -0.2) is 12.4 Å². The van der Waals surface area contributed by atoms with Crippen molar-refractivity contribution >= 4 is 5.78 Å². The third-order valence-electron chi connectivity index (χ3n) is 1.68. The molecule has 0 N–H and O–H groups in total. The number of hydrogen-bond donors (Lipinski definition) is 0. The van der Waals surface area contributed by atoms with Crippen LogP contribution in [0.2, 0.25) is 0 Å². The van der Waals surface area contributed by atoms with Crippen LogP contribution in [0.5, 0.6) is 5.75 Å². The summed E-state index contributed by atoms with van der Waals surface area (Å²) in [5.74, 6) is -0.369. The molecule has 0 heterocycles. The van der Waals surface area contributed by atoms with Gasteiger partial charge in [0, 0.05) is 0 Å². The maximum atomic E-state index is 13.0. The number of rotatable bonds is 4. The summed E-state index contributed by atoms with van der Waals surface area (Å²) in [5.41, 5.74) is 0.0477. The van der Waals surface area contributed by atoms with Crippen molar-refractivity contribution in [3.63, 3.8) is 0 Å². The molecule has 0 amide bonds. The fourth-order valence-electron chi connectivity index (χ4n) is 1.02. The Labute approximate surface area is 82.0 Å². The lowest BCUT2D eigenvalue weighted by atomic mass is 10.1. The van der Waals surface area contributed by atoms with Crippen LogP contribution in [0.25, 0.3) is 0 Å². The first kappa shape index (κ1) is 10.4. The molecule has 0 aliphatic heterocycles. The molecule has 0 fully saturated rings. The zero-order chi connectivity index (χ0) is 10.6. The number of carbonyl (C=O) groups is 1. The maximum absolute atomic E-state index is 13.0. The monoisotopic (exact) mass is 194 g/mol. The minimum absolute atomic E-state index is 0.0477. The minimum Gasteiger partial charge on any atom is -0.490 e. The normalized spacial score (nSPS) is 9.57. The molecule has 1 aromatic rings. The molecule has 0 spiro atoms. The highest BCUT2D eigenvalue weighted by molar-refractivity contribution is 5.94. The van der Waals surface area contributed by atoms with E-state index in [9.17, 15) is 9.18 Å². The molecule has 0 aliphatic rings. The van der Waals surface area contributed by atoms with Crippen LogP contribution in [0.1, 0.15) is 17.3 Å². The SMILES string of the molecule is C=CCOc1ccc(F)c(C(C)=O)c1. The Balaban J connectivity index is 2.94. The molecule has 0 radical (unpaired) electrons. The van der Waals surface area contributed by atoms with E-state index in [-0.39, 0.29) is 11.3 Å².